The van der Waals surface area contributed by atoms with Crippen LogP contribution in [0.4, 0.5) is 5.82 Å². The summed E-state index contributed by atoms with van der Waals surface area (Å²) in [6.07, 6.45) is 10.8. The third-order valence-electron chi connectivity index (χ3n) is 3.51. The van der Waals surface area contributed by atoms with E-state index in [-0.39, 0.29) is 0 Å². The second-order valence-electron chi connectivity index (χ2n) is 4.83. The molecule has 100 valence electrons. The molecule has 5 heteroatoms. The molecule has 0 bridgehead atoms. The summed E-state index contributed by atoms with van der Waals surface area (Å²) in [5, 5.41) is 0.459. The van der Waals surface area contributed by atoms with Gasteiger partial charge in [-0.25, -0.2) is 4.98 Å². The van der Waals surface area contributed by atoms with Crippen molar-refractivity contribution < 1.29 is 0 Å². The Labute approximate surface area is 114 Å². The molecule has 4 nitrogen and oxygen atoms in total. The molecule has 2 N–H and O–H groups in total. The fourth-order valence-corrected chi connectivity index (χ4v) is 2.75. The van der Waals surface area contributed by atoms with E-state index < -0.39 is 0 Å². The summed E-state index contributed by atoms with van der Waals surface area (Å²) >= 11 is 5.94. The van der Waals surface area contributed by atoms with Crippen molar-refractivity contribution >= 4 is 17.4 Å². The molecule has 0 saturated heterocycles. The number of anilines is 1. The van der Waals surface area contributed by atoms with Gasteiger partial charge in [-0.1, -0.05) is 30.9 Å². The maximum absolute atomic E-state index is 5.94. The van der Waals surface area contributed by atoms with E-state index in [1.165, 1.54) is 32.1 Å². The Morgan fingerprint density at radius 3 is 2.72 bits per heavy atom. The van der Waals surface area contributed by atoms with Gasteiger partial charge < -0.3 is 10.6 Å². The van der Waals surface area contributed by atoms with Gasteiger partial charge in [0, 0.05) is 12.6 Å². The van der Waals surface area contributed by atoms with E-state index in [2.05, 4.69) is 14.9 Å². The smallest absolute Gasteiger partial charge is 0.149 e. The van der Waals surface area contributed by atoms with Gasteiger partial charge >= 0.3 is 0 Å². The van der Waals surface area contributed by atoms with Crippen LogP contribution in [0.15, 0.2) is 12.4 Å². The van der Waals surface area contributed by atoms with E-state index in [9.17, 15) is 0 Å². The first-order valence-corrected chi connectivity index (χ1v) is 7.13. The van der Waals surface area contributed by atoms with E-state index in [1.807, 2.05) is 0 Å². The van der Waals surface area contributed by atoms with Gasteiger partial charge in [0.15, 0.2) is 0 Å². The molecule has 2 rings (SSSR count). The zero-order chi connectivity index (χ0) is 12.8. The molecular formula is C13H21ClN4. The lowest BCUT2D eigenvalue weighted by Crippen LogP contribution is -2.39. The van der Waals surface area contributed by atoms with Crippen molar-refractivity contribution in [2.45, 2.75) is 44.6 Å². The summed E-state index contributed by atoms with van der Waals surface area (Å²) in [6.45, 7) is 1.65. The molecular weight excluding hydrogens is 248 g/mol. The van der Waals surface area contributed by atoms with E-state index >= 15 is 0 Å². The van der Waals surface area contributed by atoms with Crippen LogP contribution in [0, 0.1) is 0 Å². The molecule has 0 aliphatic heterocycles. The molecule has 0 aromatic carbocycles. The Balaban J connectivity index is 2.12. The SMILES string of the molecule is NCCCN(c1cncc(Cl)n1)C1CCCCC1. The van der Waals surface area contributed by atoms with Crippen LogP contribution in [-0.2, 0) is 0 Å². The molecule has 1 aromatic rings. The van der Waals surface area contributed by atoms with Crippen molar-refractivity contribution in [3.8, 4) is 0 Å². The van der Waals surface area contributed by atoms with Gasteiger partial charge in [-0.3, -0.25) is 4.98 Å². The van der Waals surface area contributed by atoms with Gasteiger partial charge in [-0.05, 0) is 25.8 Å². The Morgan fingerprint density at radius 1 is 1.28 bits per heavy atom. The van der Waals surface area contributed by atoms with E-state index in [4.69, 9.17) is 17.3 Å². The van der Waals surface area contributed by atoms with Crippen molar-refractivity contribution in [2.24, 2.45) is 5.73 Å². The first-order chi connectivity index (χ1) is 8.81. The van der Waals surface area contributed by atoms with Crippen molar-refractivity contribution in [3.63, 3.8) is 0 Å². The quantitative estimate of drug-likeness (QED) is 0.892. The normalized spacial score (nSPS) is 16.8. The molecule has 1 aliphatic carbocycles. The van der Waals surface area contributed by atoms with Crippen molar-refractivity contribution in [2.75, 3.05) is 18.0 Å². The number of nitrogens with two attached hydrogens (primary N) is 1. The Bertz CT molecular complexity index is 366. The van der Waals surface area contributed by atoms with Crippen LogP contribution >= 0.6 is 11.6 Å². The lowest BCUT2D eigenvalue weighted by atomic mass is 9.94. The Kier molecular flexibility index (Phi) is 5.20. The zero-order valence-corrected chi connectivity index (χ0v) is 11.4. The molecule has 1 fully saturated rings. The third kappa shape index (κ3) is 3.56. The third-order valence-corrected chi connectivity index (χ3v) is 3.69. The summed E-state index contributed by atoms with van der Waals surface area (Å²) in [7, 11) is 0. The maximum Gasteiger partial charge on any atom is 0.149 e. The topological polar surface area (TPSA) is 55.0 Å². The molecule has 0 amide bonds. The van der Waals surface area contributed by atoms with Gasteiger partial charge in [0.2, 0.25) is 0 Å². The number of nitrogens with zero attached hydrogens (tertiary/aromatic N) is 3. The lowest BCUT2D eigenvalue weighted by Gasteiger charge is -2.35. The monoisotopic (exact) mass is 268 g/mol. The number of hydrogen-bond donors (Lipinski definition) is 1. The predicted molar refractivity (Wildman–Crippen MR) is 74.9 cm³/mol. The van der Waals surface area contributed by atoms with Crippen LogP contribution < -0.4 is 10.6 Å². The molecule has 1 saturated carbocycles. The van der Waals surface area contributed by atoms with Gasteiger partial charge in [-0.15, -0.1) is 0 Å². The highest BCUT2D eigenvalue weighted by molar-refractivity contribution is 6.29. The first kappa shape index (κ1) is 13.6. The van der Waals surface area contributed by atoms with Crippen LogP contribution in [0.25, 0.3) is 0 Å². The number of hydrogen-bond acceptors (Lipinski definition) is 4. The minimum Gasteiger partial charge on any atom is -0.352 e. The largest absolute Gasteiger partial charge is 0.352 e. The maximum atomic E-state index is 5.94. The fraction of sp³-hybridized carbons (Fsp3) is 0.692. The standard InChI is InChI=1S/C13H21ClN4/c14-12-9-16-10-13(17-12)18(8-4-7-15)11-5-2-1-3-6-11/h9-11H,1-8,15H2. The van der Waals surface area contributed by atoms with Crippen LogP contribution in [0.5, 0.6) is 0 Å². The fourth-order valence-electron chi connectivity index (χ4n) is 2.61. The highest BCUT2D eigenvalue weighted by Gasteiger charge is 2.22. The summed E-state index contributed by atoms with van der Waals surface area (Å²) < 4.78 is 0. The lowest BCUT2D eigenvalue weighted by molar-refractivity contribution is 0.411. The zero-order valence-electron chi connectivity index (χ0n) is 10.7. The molecule has 0 atom stereocenters. The highest BCUT2D eigenvalue weighted by Crippen LogP contribution is 2.26. The van der Waals surface area contributed by atoms with Gasteiger partial charge in [0.1, 0.15) is 11.0 Å². The van der Waals surface area contributed by atoms with Crippen LogP contribution in [-0.4, -0.2) is 29.1 Å². The molecule has 0 radical (unpaired) electrons. The average molecular weight is 269 g/mol. The van der Waals surface area contributed by atoms with Gasteiger partial charge in [0.25, 0.3) is 0 Å². The molecule has 0 unspecified atom stereocenters. The molecule has 0 spiro atoms. The summed E-state index contributed by atoms with van der Waals surface area (Å²) in [5.74, 6) is 0.892. The minimum atomic E-state index is 0.459. The van der Waals surface area contributed by atoms with Gasteiger partial charge in [-0.2, -0.15) is 0 Å². The predicted octanol–water partition coefficient (Wildman–Crippen LogP) is 2.62. The van der Waals surface area contributed by atoms with Crippen LogP contribution in [0.2, 0.25) is 5.15 Å². The van der Waals surface area contributed by atoms with E-state index in [0.717, 1.165) is 18.8 Å². The first-order valence-electron chi connectivity index (χ1n) is 6.75. The second-order valence-corrected chi connectivity index (χ2v) is 5.21. The second kappa shape index (κ2) is 6.90. The molecule has 1 heterocycles. The van der Waals surface area contributed by atoms with E-state index in [0.29, 0.717) is 17.7 Å². The van der Waals surface area contributed by atoms with Crippen molar-refractivity contribution in [1.29, 1.82) is 0 Å². The molecule has 1 aromatic heterocycles. The van der Waals surface area contributed by atoms with Crippen molar-refractivity contribution in [1.82, 2.24) is 9.97 Å². The van der Waals surface area contributed by atoms with Crippen LogP contribution in [0.3, 0.4) is 0 Å². The number of aromatic nitrogens is 2. The summed E-state index contributed by atoms with van der Waals surface area (Å²) in [4.78, 5) is 10.9. The number of rotatable bonds is 5. The Hall–Kier alpha value is -0.870. The summed E-state index contributed by atoms with van der Waals surface area (Å²) in [5.41, 5.74) is 5.63. The van der Waals surface area contributed by atoms with Crippen molar-refractivity contribution in [3.05, 3.63) is 17.5 Å². The Morgan fingerprint density at radius 2 is 2.06 bits per heavy atom. The highest BCUT2D eigenvalue weighted by atomic mass is 35.5. The minimum absolute atomic E-state index is 0.459. The van der Waals surface area contributed by atoms with E-state index in [1.54, 1.807) is 12.4 Å². The number of halogens is 1. The molecule has 1 aliphatic rings. The molecule has 18 heavy (non-hydrogen) atoms. The summed E-state index contributed by atoms with van der Waals surface area (Å²) in [6, 6.07) is 0.568. The van der Waals surface area contributed by atoms with Crippen LogP contribution in [0.1, 0.15) is 38.5 Å². The average Bonchev–Trinajstić information content (AvgIpc) is 2.40. The van der Waals surface area contributed by atoms with Gasteiger partial charge in [0.05, 0.1) is 12.4 Å².